The van der Waals surface area contributed by atoms with Gasteiger partial charge in [-0.25, -0.2) is 4.79 Å². The summed E-state index contributed by atoms with van der Waals surface area (Å²) in [6, 6.07) is 5.13. The fourth-order valence-electron chi connectivity index (χ4n) is 1.11. The van der Waals surface area contributed by atoms with Gasteiger partial charge < -0.3 is 10.4 Å². The van der Waals surface area contributed by atoms with Crippen LogP contribution in [0.3, 0.4) is 0 Å². The van der Waals surface area contributed by atoms with Gasteiger partial charge in [0, 0.05) is 12.1 Å². The Morgan fingerprint density at radius 2 is 2.06 bits per heavy atom. The number of alkyl halides is 2. The largest absolute Gasteiger partial charge is 0.478 e. The monoisotopic (exact) mass is 243 g/mol. The molecule has 0 radical (unpaired) electrons. The molecule has 1 aromatic carbocycles. The van der Waals surface area contributed by atoms with Gasteiger partial charge in [0.1, 0.15) is 0 Å². The zero-order valence-electron chi connectivity index (χ0n) is 9.04. The maximum absolute atomic E-state index is 13.0. The lowest BCUT2D eigenvalue weighted by molar-refractivity contribution is -0.139. The second-order valence-electron chi connectivity index (χ2n) is 3.40. The molecule has 2 N–H and O–H groups in total. The van der Waals surface area contributed by atoms with Gasteiger partial charge in [-0.3, -0.25) is 4.79 Å². The highest BCUT2D eigenvalue weighted by Crippen LogP contribution is 2.20. The third-order valence-corrected chi connectivity index (χ3v) is 2.14. The predicted molar refractivity (Wildman–Crippen MR) is 57.3 cm³/mol. The number of carbonyl (C=O) groups is 2. The van der Waals surface area contributed by atoms with Crippen molar-refractivity contribution in [3.63, 3.8) is 0 Å². The van der Waals surface area contributed by atoms with E-state index in [0.29, 0.717) is 0 Å². The van der Waals surface area contributed by atoms with E-state index in [1.165, 1.54) is 25.1 Å². The van der Waals surface area contributed by atoms with Gasteiger partial charge in [0.2, 0.25) is 0 Å². The van der Waals surface area contributed by atoms with Crippen molar-refractivity contribution in [2.45, 2.75) is 19.3 Å². The normalized spacial score (nSPS) is 11.0. The number of rotatable bonds is 4. The molecular weight excluding hydrogens is 232 g/mol. The van der Waals surface area contributed by atoms with Crippen LogP contribution in [0.2, 0.25) is 0 Å². The molecule has 0 atom stereocenters. The highest BCUT2D eigenvalue weighted by Gasteiger charge is 2.36. The number of amides is 1. The number of anilines is 1. The number of benzene rings is 1. The third-order valence-electron chi connectivity index (χ3n) is 2.14. The van der Waals surface area contributed by atoms with E-state index in [1.807, 2.05) is 5.32 Å². The van der Waals surface area contributed by atoms with Gasteiger partial charge in [-0.2, -0.15) is 8.78 Å². The summed E-state index contributed by atoms with van der Waals surface area (Å²) in [6.45, 7) is 1.19. The zero-order chi connectivity index (χ0) is 13.1. The lowest BCUT2D eigenvalue weighted by Gasteiger charge is -2.13. The van der Waals surface area contributed by atoms with Crippen molar-refractivity contribution in [1.29, 1.82) is 0 Å². The van der Waals surface area contributed by atoms with Crippen molar-refractivity contribution in [1.82, 2.24) is 0 Å². The first kappa shape index (κ1) is 13.1. The number of halogens is 2. The van der Waals surface area contributed by atoms with Gasteiger partial charge in [-0.1, -0.05) is 13.0 Å². The molecule has 92 valence electrons. The molecule has 1 aromatic rings. The SMILES string of the molecule is CCC(F)(F)C(=O)Nc1cccc(C(=O)O)c1. The summed E-state index contributed by atoms with van der Waals surface area (Å²) in [4.78, 5) is 21.8. The number of aromatic carboxylic acids is 1. The van der Waals surface area contributed by atoms with E-state index in [4.69, 9.17) is 5.11 Å². The molecule has 0 aromatic heterocycles. The molecule has 1 amide bonds. The fraction of sp³-hybridized carbons (Fsp3) is 0.273. The lowest BCUT2D eigenvalue weighted by Crippen LogP contribution is -2.33. The van der Waals surface area contributed by atoms with Crippen LogP contribution >= 0.6 is 0 Å². The van der Waals surface area contributed by atoms with Gasteiger partial charge in [0.05, 0.1) is 5.56 Å². The van der Waals surface area contributed by atoms with Gasteiger partial charge in [-0.05, 0) is 18.2 Å². The quantitative estimate of drug-likeness (QED) is 0.853. The first-order valence-electron chi connectivity index (χ1n) is 4.89. The Bertz CT molecular complexity index is 446. The first-order chi connectivity index (χ1) is 7.86. The van der Waals surface area contributed by atoms with Crippen molar-refractivity contribution in [2.24, 2.45) is 0 Å². The smallest absolute Gasteiger partial charge is 0.335 e. The van der Waals surface area contributed by atoms with Crippen molar-refractivity contribution in [3.05, 3.63) is 29.8 Å². The Morgan fingerprint density at radius 1 is 1.41 bits per heavy atom. The minimum atomic E-state index is -3.46. The Labute approximate surface area is 96.3 Å². The molecule has 17 heavy (non-hydrogen) atoms. The Balaban J connectivity index is 2.86. The van der Waals surface area contributed by atoms with Crippen LogP contribution in [0.1, 0.15) is 23.7 Å². The molecule has 0 aliphatic carbocycles. The number of nitrogens with one attached hydrogen (secondary N) is 1. The van der Waals surface area contributed by atoms with Gasteiger partial charge in [-0.15, -0.1) is 0 Å². The average molecular weight is 243 g/mol. The maximum atomic E-state index is 13.0. The molecule has 0 aliphatic heterocycles. The van der Waals surface area contributed by atoms with E-state index in [-0.39, 0.29) is 11.3 Å². The number of hydrogen-bond donors (Lipinski definition) is 2. The van der Waals surface area contributed by atoms with E-state index < -0.39 is 24.2 Å². The van der Waals surface area contributed by atoms with Crippen molar-refractivity contribution < 1.29 is 23.5 Å². The molecule has 0 saturated heterocycles. The minimum Gasteiger partial charge on any atom is -0.478 e. The summed E-state index contributed by atoms with van der Waals surface area (Å²) in [5.41, 5.74) is -0.0503. The van der Waals surface area contributed by atoms with Crippen LogP contribution in [0.5, 0.6) is 0 Å². The van der Waals surface area contributed by atoms with Crippen LogP contribution in [0, 0.1) is 0 Å². The fourth-order valence-corrected chi connectivity index (χ4v) is 1.11. The number of carboxylic acids is 1. The first-order valence-corrected chi connectivity index (χ1v) is 4.89. The minimum absolute atomic E-state index is 0.0306. The summed E-state index contributed by atoms with van der Waals surface area (Å²) >= 11 is 0. The summed E-state index contributed by atoms with van der Waals surface area (Å²) in [7, 11) is 0. The Morgan fingerprint density at radius 3 is 2.59 bits per heavy atom. The third kappa shape index (κ3) is 3.24. The molecule has 0 unspecified atom stereocenters. The maximum Gasteiger partial charge on any atom is 0.335 e. The van der Waals surface area contributed by atoms with E-state index in [1.54, 1.807) is 0 Å². The summed E-state index contributed by atoms with van der Waals surface area (Å²) < 4.78 is 25.9. The molecule has 4 nitrogen and oxygen atoms in total. The molecule has 0 heterocycles. The van der Waals surface area contributed by atoms with Gasteiger partial charge >= 0.3 is 11.9 Å². The van der Waals surface area contributed by atoms with Crippen LogP contribution in [0.15, 0.2) is 24.3 Å². The zero-order valence-corrected chi connectivity index (χ0v) is 9.04. The van der Waals surface area contributed by atoms with Crippen LogP contribution < -0.4 is 5.32 Å². The van der Waals surface area contributed by atoms with Gasteiger partial charge in [0.15, 0.2) is 0 Å². The van der Waals surface area contributed by atoms with E-state index >= 15 is 0 Å². The number of carbonyl (C=O) groups excluding carboxylic acids is 1. The molecule has 0 spiro atoms. The van der Waals surface area contributed by atoms with E-state index in [9.17, 15) is 18.4 Å². The lowest BCUT2D eigenvalue weighted by atomic mass is 10.2. The predicted octanol–water partition coefficient (Wildman–Crippen LogP) is 2.37. The molecule has 1 rings (SSSR count). The van der Waals surface area contributed by atoms with Crippen molar-refractivity contribution >= 4 is 17.6 Å². The Hall–Kier alpha value is -1.98. The second kappa shape index (κ2) is 4.90. The summed E-state index contributed by atoms with van der Waals surface area (Å²) in [6.07, 6.45) is -0.614. The Kier molecular flexibility index (Phi) is 3.77. The topological polar surface area (TPSA) is 66.4 Å². The number of hydrogen-bond acceptors (Lipinski definition) is 2. The van der Waals surface area contributed by atoms with Crippen LogP contribution in [-0.2, 0) is 4.79 Å². The molecule has 0 saturated carbocycles. The van der Waals surface area contributed by atoms with E-state index in [0.717, 1.165) is 6.07 Å². The van der Waals surface area contributed by atoms with Crippen molar-refractivity contribution in [3.8, 4) is 0 Å². The van der Waals surface area contributed by atoms with Gasteiger partial charge in [0.25, 0.3) is 5.91 Å². The second-order valence-corrected chi connectivity index (χ2v) is 3.40. The van der Waals surface area contributed by atoms with Crippen LogP contribution in [0.25, 0.3) is 0 Å². The van der Waals surface area contributed by atoms with Crippen molar-refractivity contribution in [2.75, 3.05) is 5.32 Å². The summed E-state index contributed by atoms with van der Waals surface area (Å²) in [5, 5.41) is 10.7. The highest BCUT2D eigenvalue weighted by atomic mass is 19.3. The van der Waals surface area contributed by atoms with Crippen LogP contribution in [0.4, 0.5) is 14.5 Å². The molecule has 0 aliphatic rings. The van der Waals surface area contributed by atoms with E-state index in [2.05, 4.69) is 0 Å². The molecule has 6 heteroatoms. The molecular formula is C11H11F2NO3. The summed E-state index contributed by atoms with van der Waals surface area (Å²) in [5.74, 6) is -6.09. The molecule has 0 fully saturated rings. The van der Waals surface area contributed by atoms with Crippen LogP contribution in [-0.4, -0.2) is 22.9 Å². The number of carboxylic acid groups (broad SMARTS) is 1. The standard InChI is InChI=1S/C11H11F2NO3/c1-2-11(12,13)10(17)14-8-5-3-4-7(6-8)9(15)16/h3-6H,2H2,1H3,(H,14,17)(H,15,16). The highest BCUT2D eigenvalue weighted by molar-refractivity contribution is 5.97. The molecule has 0 bridgehead atoms. The average Bonchev–Trinajstić information content (AvgIpc) is 2.29.